The molecule has 0 heterocycles. The van der Waals surface area contributed by atoms with Crippen molar-refractivity contribution in [3.63, 3.8) is 0 Å². The van der Waals surface area contributed by atoms with Crippen molar-refractivity contribution in [3.05, 3.63) is 35.4 Å². The molecule has 2 aliphatic carbocycles. The lowest BCUT2D eigenvalue weighted by Crippen LogP contribution is -2.28. The van der Waals surface area contributed by atoms with E-state index in [1.54, 1.807) is 11.1 Å². The number of benzene rings is 1. The van der Waals surface area contributed by atoms with Crippen LogP contribution in [-0.4, -0.2) is 0 Å². The summed E-state index contributed by atoms with van der Waals surface area (Å²) in [4.78, 5) is 0. The summed E-state index contributed by atoms with van der Waals surface area (Å²) in [6.07, 6.45) is 7.19. The van der Waals surface area contributed by atoms with Gasteiger partial charge in [0, 0.05) is 0 Å². The van der Waals surface area contributed by atoms with Crippen LogP contribution in [0, 0.1) is 11.3 Å². The molecular weight excluding hydrogens is 216 g/mol. The standard InChI is InChI=1S/C18H26/c1-13-12-17(16-11-7-6-10-15(13)16)18(2,3)14-8-4-5-9-14/h6-7,10-11,13-14,17H,4-5,8-9,12H2,1-3H3. The largest absolute Gasteiger partial charge is 0.0620 e. The molecule has 98 valence electrons. The number of rotatable bonds is 2. The highest BCUT2D eigenvalue weighted by molar-refractivity contribution is 5.39. The number of fused-ring (bicyclic) bond motifs is 1. The van der Waals surface area contributed by atoms with E-state index in [2.05, 4.69) is 45.0 Å². The quantitative estimate of drug-likeness (QED) is 0.643. The van der Waals surface area contributed by atoms with E-state index in [4.69, 9.17) is 0 Å². The summed E-state index contributed by atoms with van der Waals surface area (Å²) in [6, 6.07) is 9.18. The van der Waals surface area contributed by atoms with Crippen LogP contribution in [-0.2, 0) is 0 Å². The van der Waals surface area contributed by atoms with Gasteiger partial charge in [-0.2, -0.15) is 0 Å². The molecule has 2 atom stereocenters. The first-order chi connectivity index (χ1) is 8.60. The molecule has 0 amide bonds. The first kappa shape index (κ1) is 12.3. The van der Waals surface area contributed by atoms with Crippen molar-refractivity contribution in [3.8, 4) is 0 Å². The highest BCUT2D eigenvalue weighted by Crippen LogP contribution is 2.55. The molecule has 1 saturated carbocycles. The van der Waals surface area contributed by atoms with E-state index in [1.165, 1.54) is 32.1 Å². The molecule has 18 heavy (non-hydrogen) atoms. The Morgan fingerprint density at radius 1 is 1.00 bits per heavy atom. The van der Waals surface area contributed by atoms with Crippen molar-refractivity contribution in [2.75, 3.05) is 0 Å². The molecule has 1 aromatic carbocycles. The van der Waals surface area contributed by atoms with Crippen molar-refractivity contribution in [1.29, 1.82) is 0 Å². The molecule has 2 aliphatic rings. The van der Waals surface area contributed by atoms with Gasteiger partial charge in [0.2, 0.25) is 0 Å². The van der Waals surface area contributed by atoms with Gasteiger partial charge in [-0.05, 0) is 53.6 Å². The van der Waals surface area contributed by atoms with Crippen LogP contribution in [0.15, 0.2) is 24.3 Å². The topological polar surface area (TPSA) is 0 Å². The average Bonchev–Trinajstić information content (AvgIpc) is 2.98. The third kappa shape index (κ3) is 1.81. The van der Waals surface area contributed by atoms with Gasteiger partial charge in [0.25, 0.3) is 0 Å². The lowest BCUT2D eigenvalue weighted by molar-refractivity contribution is 0.163. The van der Waals surface area contributed by atoms with E-state index in [9.17, 15) is 0 Å². The summed E-state index contributed by atoms with van der Waals surface area (Å²) in [5.74, 6) is 2.49. The highest BCUT2D eigenvalue weighted by atomic mass is 14.5. The maximum atomic E-state index is 2.53. The van der Waals surface area contributed by atoms with Crippen molar-refractivity contribution in [2.45, 2.75) is 64.7 Å². The van der Waals surface area contributed by atoms with Gasteiger partial charge in [0.15, 0.2) is 0 Å². The van der Waals surface area contributed by atoms with Crippen molar-refractivity contribution < 1.29 is 0 Å². The van der Waals surface area contributed by atoms with E-state index in [0.717, 1.165) is 17.8 Å². The Morgan fingerprint density at radius 2 is 1.61 bits per heavy atom. The van der Waals surface area contributed by atoms with E-state index in [0.29, 0.717) is 5.41 Å². The molecule has 1 fully saturated rings. The summed E-state index contributed by atoms with van der Waals surface area (Å²) in [7, 11) is 0. The molecule has 0 saturated heterocycles. The highest BCUT2D eigenvalue weighted by Gasteiger charge is 2.43. The second-order valence-electron chi connectivity index (χ2n) is 7.12. The minimum atomic E-state index is 0.483. The first-order valence-electron chi connectivity index (χ1n) is 7.69. The molecule has 0 aliphatic heterocycles. The Bertz CT molecular complexity index is 423. The van der Waals surface area contributed by atoms with Crippen molar-refractivity contribution in [1.82, 2.24) is 0 Å². The maximum Gasteiger partial charge on any atom is -0.00994 e. The van der Waals surface area contributed by atoms with Crippen LogP contribution in [0.3, 0.4) is 0 Å². The lowest BCUT2D eigenvalue weighted by Gasteiger charge is -2.38. The normalized spacial score (nSPS) is 28.6. The fourth-order valence-electron chi connectivity index (χ4n) is 4.54. The molecular formula is C18H26. The lowest BCUT2D eigenvalue weighted by atomic mass is 9.66. The van der Waals surface area contributed by atoms with Crippen LogP contribution in [0.2, 0.25) is 0 Å². The maximum absolute atomic E-state index is 2.53. The Labute approximate surface area is 112 Å². The number of hydrogen-bond acceptors (Lipinski definition) is 0. The fraction of sp³-hybridized carbons (Fsp3) is 0.667. The predicted octanol–water partition coefficient (Wildman–Crippen LogP) is 5.49. The van der Waals surface area contributed by atoms with Crippen LogP contribution in [0.5, 0.6) is 0 Å². The van der Waals surface area contributed by atoms with Crippen LogP contribution in [0.1, 0.15) is 75.8 Å². The Balaban J connectivity index is 1.94. The molecule has 0 N–H and O–H groups in total. The van der Waals surface area contributed by atoms with Gasteiger partial charge in [0.05, 0.1) is 0 Å². The van der Waals surface area contributed by atoms with E-state index in [-0.39, 0.29) is 0 Å². The zero-order valence-corrected chi connectivity index (χ0v) is 12.1. The Kier molecular flexibility index (Phi) is 3.00. The molecule has 0 nitrogen and oxygen atoms in total. The monoisotopic (exact) mass is 242 g/mol. The van der Waals surface area contributed by atoms with Gasteiger partial charge in [-0.1, -0.05) is 57.9 Å². The Morgan fingerprint density at radius 3 is 2.28 bits per heavy atom. The summed E-state index contributed by atoms with van der Waals surface area (Å²) in [6.45, 7) is 7.47. The minimum absolute atomic E-state index is 0.483. The molecule has 0 heteroatoms. The molecule has 0 bridgehead atoms. The molecule has 3 rings (SSSR count). The van der Waals surface area contributed by atoms with Crippen LogP contribution in [0.4, 0.5) is 0 Å². The van der Waals surface area contributed by atoms with Crippen LogP contribution >= 0.6 is 0 Å². The second-order valence-corrected chi connectivity index (χ2v) is 7.12. The summed E-state index contributed by atoms with van der Waals surface area (Å²) < 4.78 is 0. The molecule has 1 aromatic rings. The predicted molar refractivity (Wildman–Crippen MR) is 78.0 cm³/mol. The molecule has 0 radical (unpaired) electrons. The summed E-state index contributed by atoms with van der Waals surface area (Å²) >= 11 is 0. The molecule has 2 unspecified atom stereocenters. The Hall–Kier alpha value is -0.780. The molecule has 0 spiro atoms. The first-order valence-corrected chi connectivity index (χ1v) is 7.69. The van der Waals surface area contributed by atoms with Gasteiger partial charge in [-0.15, -0.1) is 0 Å². The fourth-order valence-corrected chi connectivity index (χ4v) is 4.54. The SMILES string of the molecule is CC1CC(C(C)(C)C2CCCC2)c2ccccc21. The third-order valence-corrected chi connectivity index (χ3v) is 5.80. The van der Waals surface area contributed by atoms with Crippen molar-refractivity contribution >= 4 is 0 Å². The second kappa shape index (κ2) is 4.40. The third-order valence-electron chi connectivity index (χ3n) is 5.80. The van der Waals surface area contributed by atoms with Gasteiger partial charge in [0.1, 0.15) is 0 Å². The van der Waals surface area contributed by atoms with Gasteiger partial charge >= 0.3 is 0 Å². The van der Waals surface area contributed by atoms with E-state index < -0.39 is 0 Å². The minimum Gasteiger partial charge on any atom is -0.0620 e. The summed E-state index contributed by atoms with van der Waals surface area (Å²) in [5, 5.41) is 0. The van der Waals surface area contributed by atoms with Crippen LogP contribution < -0.4 is 0 Å². The average molecular weight is 242 g/mol. The van der Waals surface area contributed by atoms with E-state index in [1.807, 2.05) is 0 Å². The van der Waals surface area contributed by atoms with Gasteiger partial charge in [-0.25, -0.2) is 0 Å². The number of hydrogen-bond donors (Lipinski definition) is 0. The smallest absolute Gasteiger partial charge is 0.00994 e. The summed E-state index contributed by atoms with van der Waals surface area (Å²) in [5.41, 5.74) is 3.76. The zero-order chi connectivity index (χ0) is 12.8. The zero-order valence-electron chi connectivity index (χ0n) is 12.1. The molecule has 0 aromatic heterocycles. The van der Waals surface area contributed by atoms with Crippen LogP contribution in [0.25, 0.3) is 0 Å². The van der Waals surface area contributed by atoms with E-state index >= 15 is 0 Å². The van der Waals surface area contributed by atoms with Gasteiger partial charge < -0.3 is 0 Å². The van der Waals surface area contributed by atoms with Crippen molar-refractivity contribution in [2.24, 2.45) is 11.3 Å². The van der Waals surface area contributed by atoms with Gasteiger partial charge in [-0.3, -0.25) is 0 Å².